The highest BCUT2D eigenvalue weighted by Gasteiger charge is 2.27. The molecule has 5 nitrogen and oxygen atoms in total. The number of likely N-dealkylation sites (tertiary alicyclic amines) is 1. The molecule has 2 heterocycles. The van der Waals surface area contributed by atoms with Crippen LogP contribution in [0.5, 0.6) is 5.75 Å². The molecule has 0 saturated carbocycles. The lowest BCUT2D eigenvalue weighted by atomic mass is 9.97. The zero-order valence-electron chi connectivity index (χ0n) is 15.6. The number of fused-ring (bicyclic) bond motifs is 1. The van der Waals surface area contributed by atoms with Crippen molar-refractivity contribution in [2.24, 2.45) is 0 Å². The molecule has 1 aliphatic rings. The van der Waals surface area contributed by atoms with Gasteiger partial charge in [-0.2, -0.15) is 0 Å². The maximum absolute atomic E-state index is 12.6. The lowest BCUT2D eigenvalue weighted by Gasteiger charge is -2.31. The molecule has 5 heteroatoms. The average Bonchev–Trinajstić information content (AvgIpc) is 3.17. The molecule has 1 atom stereocenters. The fourth-order valence-corrected chi connectivity index (χ4v) is 3.65. The van der Waals surface area contributed by atoms with Gasteiger partial charge in [-0.1, -0.05) is 31.2 Å². The summed E-state index contributed by atoms with van der Waals surface area (Å²) in [6.07, 6.45) is 3.03. The Hall–Kier alpha value is -2.82. The molecule has 1 amide bonds. The first-order valence-corrected chi connectivity index (χ1v) is 9.67. The minimum atomic E-state index is 0.0374. The number of nitrogens with zero attached hydrogens (tertiary/aromatic N) is 2. The van der Waals surface area contributed by atoms with Gasteiger partial charge >= 0.3 is 0 Å². The number of hydrogen-bond acceptors (Lipinski definition) is 3. The predicted molar refractivity (Wildman–Crippen MR) is 106 cm³/mol. The molecule has 140 valence electrons. The van der Waals surface area contributed by atoms with Crippen molar-refractivity contribution >= 4 is 16.9 Å². The Balaban J connectivity index is 1.37. The summed E-state index contributed by atoms with van der Waals surface area (Å²) in [4.78, 5) is 22.6. The van der Waals surface area contributed by atoms with E-state index in [0.29, 0.717) is 6.54 Å². The van der Waals surface area contributed by atoms with Gasteiger partial charge in [-0.15, -0.1) is 0 Å². The Morgan fingerprint density at radius 1 is 1.22 bits per heavy atom. The molecular weight excluding hydrogens is 338 g/mol. The second-order valence-electron chi connectivity index (χ2n) is 7.10. The number of ether oxygens (including phenoxy) is 1. The molecule has 1 N–H and O–H groups in total. The van der Waals surface area contributed by atoms with Crippen LogP contribution in [0.1, 0.15) is 37.1 Å². The standard InChI is InChI=1S/C22H25N3O2/c1-2-16-9-11-18(12-10-16)27-15-21(26)25-13-5-6-17(14-25)22-23-19-7-3-4-8-20(19)24-22/h3-4,7-12,17H,2,5-6,13-15H2,1H3,(H,23,24)/t17-/m0/s1. The van der Waals surface area contributed by atoms with Crippen LogP contribution in [-0.2, 0) is 11.2 Å². The highest BCUT2D eigenvalue weighted by molar-refractivity contribution is 5.78. The number of amides is 1. The van der Waals surface area contributed by atoms with Crippen LogP contribution in [0, 0.1) is 0 Å². The van der Waals surface area contributed by atoms with Gasteiger partial charge in [0.25, 0.3) is 5.91 Å². The Kier molecular flexibility index (Phi) is 5.10. The van der Waals surface area contributed by atoms with Gasteiger partial charge in [0, 0.05) is 19.0 Å². The Bertz CT molecular complexity index is 884. The maximum atomic E-state index is 12.6. The lowest BCUT2D eigenvalue weighted by Crippen LogP contribution is -2.41. The van der Waals surface area contributed by atoms with Crippen LogP contribution in [0.3, 0.4) is 0 Å². The van der Waals surface area contributed by atoms with Crippen molar-refractivity contribution in [1.29, 1.82) is 0 Å². The monoisotopic (exact) mass is 363 g/mol. The summed E-state index contributed by atoms with van der Waals surface area (Å²) < 4.78 is 5.69. The predicted octanol–water partition coefficient (Wildman–Crippen LogP) is 3.91. The van der Waals surface area contributed by atoms with Crippen molar-refractivity contribution < 1.29 is 9.53 Å². The van der Waals surface area contributed by atoms with Crippen molar-refractivity contribution in [3.8, 4) is 5.75 Å². The van der Waals surface area contributed by atoms with E-state index in [1.54, 1.807) is 0 Å². The third-order valence-electron chi connectivity index (χ3n) is 5.26. The summed E-state index contributed by atoms with van der Waals surface area (Å²) in [7, 11) is 0. The molecule has 27 heavy (non-hydrogen) atoms. The van der Waals surface area contributed by atoms with Gasteiger partial charge in [-0.25, -0.2) is 4.98 Å². The SMILES string of the molecule is CCc1ccc(OCC(=O)N2CCC[C@H](c3nc4ccccc4[nH]3)C2)cc1. The van der Waals surface area contributed by atoms with E-state index in [1.165, 1.54) is 5.56 Å². The largest absolute Gasteiger partial charge is 0.484 e. The first-order chi connectivity index (χ1) is 13.2. The first kappa shape index (κ1) is 17.6. The number of aryl methyl sites for hydroxylation is 1. The van der Waals surface area contributed by atoms with Crippen LogP contribution in [0.2, 0.25) is 0 Å². The van der Waals surface area contributed by atoms with Crippen LogP contribution in [0.25, 0.3) is 11.0 Å². The zero-order valence-corrected chi connectivity index (χ0v) is 15.6. The summed E-state index contributed by atoms with van der Waals surface area (Å²) in [5.41, 5.74) is 3.29. The van der Waals surface area contributed by atoms with Crippen LogP contribution < -0.4 is 4.74 Å². The van der Waals surface area contributed by atoms with E-state index < -0.39 is 0 Å². The number of imidazole rings is 1. The van der Waals surface area contributed by atoms with Gasteiger partial charge in [-0.05, 0) is 49.1 Å². The quantitative estimate of drug-likeness (QED) is 0.748. The van der Waals surface area contributed by atoms with Crippen LogP contribution in [0.4, 0.5) is 0 Å². The van der Waals surface area contributed by atoms with E-state index in [4.69, 9.17) is 9.72 Å². The molecule has 2 aromatic carbocycles. The molecule has 1 saturated heterocycles. The molecule has 0 bridgehead atoms. The number of rotatable bonds is 5. The second-order valence-corrected chi connectivity index (χ2v) is 7.10. The Morgan fingerprint density at radius 2 is 2.04 bits per heavy atom. The van der Waals surface area contributed by atoms with Crippen molar-refractivity contribution in [2.75, 3.05) is 19.7 Å². The average molecular weight is 363 g/mol. The summed E-state index contributed by atoms with van der Waals surface area (Å²) in [6, 6.07) is 16.0. The number of aromatic amines is 1. The smallest absolute Gasteiger partial charge is 0.260 e. The number of carbonyl (C=O) groups excluding carboxylic acids is 1. The van der Waals surface area contributed by atoms with E-state index in [9.17, 15) is 4.79 Å². The van der Waals surface area contributed by atoms with Crippen molar-refractivity contribution in [3.05, 3.63) is 59.9 Å². The summed E-state index contributed by atoms with van der Waals surface area (Å²) in [5.74, 6) is 2.01. The number of hydrogen-bond donors (Lipinski definition) is 1. The number of H-pyrrole nitrogens is 1. The molecule has 1 fully saturated rings. The molecule has 0 aliphatic carbocycles. The third kappa shape index (κ3) is 3.97. The number of carbonyl (C=O) groups is 1. The lowest BCUT2D eigenvalue weighted by molar-refractivity contribution is -0.134. The fourth-order valence-electron chi connectivity index (χ4n) is 3.65. The van der Waals surface area contributed by atoms with Gasteiger partial charge in [0.05, 0.1) is 11.0 Å². The summed E-state index contributed by atoms with van der Waals surface area (Å²) >= 11 is 0. The van der Waals surface area contributed by atoms with Crippen LogP contribution in [-0.4, -0.2) is 40.5 Å². The van der Waals surface area contributed by atoms with Gasteiger partial charge < -0.3 is 14.6 Å². The van der Waals surface area contributed by atoms with Gasteiger partial charge in [0.1, 0.15) is 11.6 Å². The number of benzene rings is 2. The Morgan fingerprint density at radius 3 is 2.81 bits per heavy atom. The molecule has 0 unspecified atom stereocenters. The molecule has 1 aromatic heterocycles. The number of aromatic nitrogens is 2. The summed E-state index contributed by atoms with van der Waals surface area (Å²) in [6.45, 7) is 3.68. The molecule has 0 spiro atoms. The van der Waals surface area contributed by atoms with Gasteiger partial charge in [-0.3, -0.25) is 4.79 Å². The molecule has 3 aromatic rings. The fraction of sp³-hybridized carbons (Fsp3) is 0.364. The number of nitrogens with one attached hydrogen (secondary N) is 1. The van der Waals surface area contributed by atoms with E-state index in [0.717, 1.165) is 48.4 Å². The maximum Gasteiger partial charge on any atom is 0.260 e. The number of para-hydroxylation sites is 2. The molecule has 4 rings (SSSR count). The normalized spacial score (nSPS) is 17.2. The van der Waals surface area contributed by atoms with Crippen molar-refractivity contribution in [2.45, 2.75) is 32.1 Å². The van der Waals surface area contributed by atoms with Gasteiger partial charge in [0.2, 0.25) is 0 Å². The van der Waals surface area contributed by atoms with E-state index in [2.05, 4.69) is 11.9 Å². The molecular formula is C22H25N3O2. The van der Waals surface area contributed by atoms with E-state index >= 15 is 0 Å². The highest BCUT2D eigenvalue weighted by Crippen LogP contribution is 2.27. The van der Waals surface area contributed by atoms with Gasteiger partial charge in [0.15, 0.2) is 6.61 Å². The zero-order chi connectivity index (χ0) is 18.6. The van der Waals surface area contributed by atoms with E-state index in [1.807, 2.05) is 53.4 Å². The van der Waals surface area contributed by atoms with Crippen LogP contribution >= 0.6 is 0 Å². The van der Waals surface area contributed by atoms with Crippen molar-refractivity contribution in [3.63, 3.8) is 0 Å². The topological polar surface area (TPSA) is 58.2 Å². The summed E-state index contributed by atoms with van der Waals surface area (Å²) in [5, 5.41) is 0. The molecule has 0 radical (unpaired) electrons. The van der Waals surface area contributed by atoms with Crippen molar-refractivity contribution in [1.82, 2.24) is 14.9 Å². The minimum Gasteiger partial charge on any atom is -0.484 e. The highest BCUT2D eigenvalue weighted by atomic mass is 16.5. The number of piperidine rings is 1. The second kappa shape index (κ2) is 7.82. The van der Waals surface area contributed by atoms with E-state index in [-0.39, 0.29) is 18.4 Å². The third-order valence-corrected chi connectivity index (χ3v) is 5.26. The minimum absolute atomic E-state index is 0.0374. The Labute approximate surface area is 159 Å². The molecule has 1 aliphatic heterocycles. The first-order valence-electron chi connectivity index (χ1n) is 9.67. The van der Waals surface area contributed by atoms with Crippen LogP contribution in [0.15, 0.2) is 48.5 Å².